The van der Waals surface area contributed by atoms with Crippen LogP contribution in [-0.4, -0.2) is 27.5 Å². The minimum atomic E-state index is -0.561. The molecule has 10 heteroatoms. The van der Waals surface area contributed by atoms with E-state index in [2.05, 4.69) is 15.7 Å². The summed E-state index contributed by atoms with van der Waals surface area (Å²) >= 11 is 0. The fourth-order valence-electron chi connectivity index (χ4n) is 3.87. The SMILES string of the molecule is N#Cc1c(-c2ccco2)nn(C(=O)c2ccc(NC(=O)c3ccccc3NC(=O)c3ccccc3)cc2)c1N. The highest BCUT2D eigenvalue weighted by atomic mass is 16.3. The minimum Gasteiger partial charge on any atom is -0.463 e. The van der Waals surface area contributed by atoms with Crippen LogP contribution < -0.4 is 16.4 Å². The summed E-state index contributed by atoms with van der Waals surface area (Å²) in [6.07, 6.45) is 1.43. The first kappa shape index (κ1) is 24.7. The molecule has 0 unspecified atom stereocenters. The van der Waals surface area contributed by atoms with Gasteiger partial charge in [0, 0.05) is 16.8 Å². The lowest BCUT2D eigenvalue weighted by Crippen LogP contribution is -2.18. The molecule has 2 aromatic heterocycles. The highest BCUT2D eigenvalue weighted by Crippen LogP contribution is 2.27. The fraction of sp³-hybridized carbons (Fsp3) is 0. The van der Waals surface area contributed by atoms with E-state index < -0.39 is 11.8 Å². The van der Waals surface area contributed by atoms with Crippen LogP contribution >= 0.6 is 0 Å². The largest absolute Gasteiger partial charge is 0.463 e. The van der Waals surface area contributed by atoms with Gasteiger partial charge in [-0.05, 0) is 60.7 Å². The molecule has 0 aliphatic rings. The van der Waals surface area contributed by atoms with Gasteiger partial charge in [0.25, 0.3) is 17.7 Å². The van der Waals surface area contributed by atoms with Gasteiger partial charge in [-0.3, -0.25) is 14.4 Å². The normalized spacial score (nSPS) is 10.4. The lowest BCUT2D eigenvalue weighted by atomic mass is 10.1. The van der Waals surface area contributed by atoms with Gasteiger partial charge in [-0.25, -0.2) is 0 Å². The second-order valence-corrected chi connectivity index (χ2v) is 8.31. The first-order valence-corrected chi connectivity index (χ1v) is 11.7. The van der Waals surface area contributed by atoms with Crippen molar-refractivity contribution in [3.8, 4) is 17.5 Å². The summed E-state index contributed by atoms with van der Waals surface area (Å²) in [5.41, 5.74) is 7.95. The van der Waals surface area contributed by atoms with Gasteiger partial charge in [-0.2, -0.15) is 15.0 Å². The summed E-state index contributed by atoms with van der Waals surface area (Å²) in [7, 11) is 0. The zero-order chi connectivity index (χ0) is 27.4. The zero-order valence-corrected chi connectivity index (χ0v) is 20.3. The van der Waals surface area contributed by atoms with Crippen LogP contribution in [0, 0.1) is 11.3 Å². The monoisotopic (exact) mass is 516 g/mol. The van der Waals surface area contributed by atoms with E-state index >= 15 is 0 Å². The van der Waals surface area contributed by atoms with E-state index in [-0.39, 0.29) is 34.1 Å². The summed E-state index contributed by atoms with van der Waals surface area (Å²) < 4.78 is 6.24. The lowest BCUT2D eigenvalue weighted by molar-refractivity contribution is 0.0946. The van der Waals surface area contributed by atoms with Gasteiger partial charge < -0.3 is 20.8 Å². The van der Waals surface area contributed by atoms with Crippen molar-refractivity contribution in [2.75, 3.05) is 16.4 Å². The molecule has 0 bridgehead atoms. The van der Waals surface area contributed by atoms with Gasteiger partial charge in [0.15, 0.2) is 5.76 Å². The molecule has 190 valence electrons. The maximum atomic E-state index is 13.1. The van der Waals surface area contributed by atoms with Crippen molar-refractivity contribution >= 4 is 34.9 Å². The number of hydrogen-bond acceptors (Lipinski definition) is 7. The Balaban J connectivity index is 1.32. The van der Waals surface area contributed by atoms with Gasteiger partial charge >= 0.3 is 0 Å². The van der Waals surface area contributed by atoms with E-state index in [1.807, 2.05) is 12.1 Å². The number of anilines is 3. The molecule has 0 aliphatic carbocycles. The Morgan fingerprint density at radius 1 is 0.821 bits per heavy atom. The quantitative estimate of drug-likeness (QED) is 0.293. The number of nitrogen functional groups attached to an aromatic ring is 1. The summed E-state index contributed by atoms with van der Waals surface area (Å²) in [5, 5.41) is 19.2. The Morgan fingerprint density at radius 3 is 2.23 bits per heavy atom. The van der Waals surface area contributed by atoms with Crippen molar-refractivity contribution in [1.82, 2.24) is 9.78 Å². The molecule has 0 atom stereocenters. The molecule has 0 aliphatic heterocycles. The minimum absolute atomic E-state index is 0.0280. The second-order valence-electron chi connectivity index (χ2n) is 8.31. The van der Waals surface area contributed by atoms with Crippen molar-refractivity contribution < 1.29 is 18.8 Å². The van der Waals surface area contributed by atoms with E-state index in [1.165, 1.54) is 18.4 Å². The molecule has 0 radical (unpaired) electrons. The van der Waals surface area contributed by atoms with Crippen molar-refractivity contribution in [2.24, 2.45) is 0 Å². The molecule has 0 fully saturated rings. The topological polar surface area (TPSA) is 156 Å². The highest BCUT2D eigenvalue weighted by molar-refractivity contribution is 6.12. The van der Waals surface area contributed by atoms with Gasteiger partial charge in [-0.1, -0.05) is 30.3 Å². The summed E-state index contributed by atoms with van der Waals surface area (Å²) in [6, 6.07) is 26.6. The van der Waals surface area contributed by atoms with E-state index in [0.717, 1.165) is 4.68 Å². The number of nitriles is 1. The molecule has 2 heterocycles. The number of carbonyl (C=O) groups is 3. The van der Waals surface area contributed by atoms with Crippen LogP contribution in [0.1, 0.15) is 36.6 Å². The van der Waals surface area contributed by atoms with Gasteiger partial charge in [0.1, 0.15) is 23.1 Å². The van der Waals surface area contributed by atoms with Gasteiger partial charge in [0.2, 0.25) is 0 Å². The Morgan fingerprint density at radius 2 is 1.54 bits per heavy atom. The predicted molar refractivity (Wildman–Crippen MR) is 144 cm³/mol. The number of nitrogens with two attached hydrogens (primary N) is 1. The third-order valence-electron chi connectivity index (χ3n) is 5.83. The smallest absolute Gasteiger partial charge is 0.280 e. The van der Waals surface area contributed by atoms with E-state index in [0.29, 0.717) is 22.7 Å². The number of amides is 2. The third kappa shape index (κ3) is 5.00. The molecule has 5 aromatic rings. The summed E-state index contributed by atoms with van der Waals surface area (Å²) in [5.74, 6) is -1.15. The molecular formula is C29H20N6O4. The predicted octanol–water partition coefficient (Wildman–Crippen LogP) is 4.79. The molecule has 0 saturated heterocycles. The maximum Gasteiger partial charge on any atom is 0.280 e. The number of rotatable bonds is 6. The number of para-hydroxylation sites is 1. The number of carbonyl (C=O) groups excluding carboxylic acids is 3. The van der Waals surface area contributed by atoms with Crippen LogP contribution in [0.4, 0.5) is 17.2 Å². The highest BCUT2D eigenvalue weighted by Gasteiger charge is 2.23. The molecule has 39 heavy (non-hydrogen) atoms. The van der Waals surface area contributed by atoms with Crippen molar-refractivity contribution in [1.29, 1.82) is 5.26 Å². The van der Waals surface area contributed by atoms with Crippen molar-refractivity contribution in [3.63, 3.8) is 0 Å². The van der Waals surface area contributed by atoms with Gasteiger partial charge in [0.05, 0.1) is 17.5 Å². The number of furan rings is 1. The molecular weight excluding hydrogens is 496 g/mol. The summed E-state index contributed by atoms with van der Waals surface area (Å²) in [4.78, 5) is 38.7. The molecule has 0 spiro atoms. The van der Waals surface area contributed by atoms with Crippen LogP contribution in [0.25, 0.3) is 11.5 Å². The average Bonchev–Trinajstić information content (AvgIpc) is 3.61. The van der Waals surface area contributed by atoms with E-state index in [9.17, 15) is 19.6 Å². The number of nitrogens with zero attached hydrogens (tertiary/aromatic N) is 3. The fourth-order valence-corrected chi connectivity index (χ4v) is 3.87. The Hall–Kier alpha value is -5.95. The average molecular weight is 517 g/mol. The van der Waals surface area contributed by atoms with Crippen molar-refractivity contribution in [3.05, 3.63) is 120 Å². The molecule has 3 aromatic carbocycles. The van der Waals surface area contributed by atoms with Gasteiger partial charge in [-0.15, -0.1) is 0 Å². The van der Waals surface area contributed by atoms with Crippen molar-refractivity contribution in [2.45, 2.75) is 0 Å². The standard InChI is InChI=1S/C29H20N6O4/c30-17-22-25(24-11-6-16-39-24)34-35(26(22)31)29(38)19-12-14-20(15-13-19)32-28(37)21-9-4-5-10-23(21)33-27(36)18-7-2-1-3-8-18/h1-16H,31H2,(H,32,37)(H,33,36). The zero-order valence-electron chi connectivity index (χ0n) is 20.3. The van der Waals surface area contributed by atoms with Crippen LogP contribution in [0.3, 0.4) is 0 Å². The molecule has 2 amide bonds. The Bertz CT molecular complexity index is 1720. The van der Waals surface area contributed by atoms with Crippen LogP contribution in [0.2, 0.25) is 0 Å². The molecule has 5 rings (SSSR count). The number of nitrogens with one attached hydrogen (secondary N) is 2. The molecule has 0 saturated carbocycles. The van der Waals surface area contributed by atoms with Crippen LogP contribution in [0.15, 0.2) is 102 Å². The summed E-state index contributed by atoms with van der Waals surface area (Å²) in [6.45, 7) is 0. The second kappa shape index (κ2) is 10.6. The number of hydrogen-bond donors (Lipinski definition) is 3. The van der Waals surface area contributed by atoms with E-state index in [1.54, 1.807) is 72.8 Å². The van der Waals surface area contributed by atoms with E-state index in [4.69, 9.17) is 10.2 Å². The first-order valence-electron chi connectivity index (χ1n) is 11.7. The Labute approximate surface area is 222 Å². The molecule has 10 nitrogen and oxygen atoms in total. The number of benzene rings is 3. The Kier molecular flexibility index (Phi) is 6.71. The van der Waals surface area contributed by atoms with Crippen LogP contribution in [0.5, 0.6) is 0 Å². The third-order valence-corrected chi connectivity index (χ3v) is 5.83. The molecule has 4 N–H and O–H groups in total. The first-order chi connectivity index (χ1) is 19.0. The van der Waals surface area contributed by atoms with Crippen LogP contribution in [-0.2, 0) is 0 Å². The number of aromatic nitrogens is 2. The lowest BCUT2D eigenvalue weighted by Gasteiger charge is -2.12. The maximum absolute atomic E-state index is 13.1.